The van der Waals surface area contributed by atoms with Crippen LogP contribution in [0, 0.1) is 5.92 Å². The lowest BCUT2D eigenvalue weighted by molar-refractivity contribution is -0.146. The molecular weight excluding hydrogens is 442 g/mol. The highest BCUT2D eigenvalue weighted by molar-refractivity contribution is 6.03. The second kappa shape index (κ2) is 11.8. The van der Waals surface area contributed by atoms with Crippen molar-refractivity contribution in [2.75, 3.05) is 13.7 Å². The number of Topliss-reactive ketones (excluding diaryl/α,β-unsaturated/α-hetero) is 1. The van der Waals surface area contributed by atoms with Gasteiger partial charge in [-0.1, -0.05) is 56.2 Å². The number of allylic oxidation sites excluding steroid dienone is 2. The molecule has 1 aliphatic heterocycles. The van der Waals surface area contributed by atoms with Crippen LogP contribution in [0.25, 0.3) is 0 Å². The first kappa shape index (κ1) is 24.7. The Balaban J connectivity index is 1.62. The molecule has 0 spiro atoms. The Bertz CT molecular complexity index is 1110. The predicted molar refractivity (Wildman–Crippen MR) is 135 cm³/mol. The summed E-state index contributed by atoms with van der Waals surface area (Å²) in [5, 5.41) is 0. The zero-order valence-corrected chi connectivity index (χ0v) is 20.5. The molecule has 0 amide bonds. The quantitative estimate of drug-likeness (QED) is 0.321. The fourth-order valence-corrected chi connectivity index (χ4v) is 4.69. The van der Waals surface area contributed by atoms with Gasteiger partial charge in [0.25, 0.3) is 0 Å². The molecule has 1 unspecified atom stereocenters. The standard InChI is InChI=1S/C29H33NO5/c1-3-4-8-16-34-29(32)22-18-30-23-12-9-13-24(31)28(23)27(22)21-14-15-25(26(17-21)33-2)35-19-20-10-6-5-7-11-20/h5-7,10-11,14-15,17-18,22,27H,3-4,8-9,12-13,16,19H2,1-2H3/t22?,27-/m1/s1. The Morgan fingerprint density at radius 2 is 1.89 bits per heavy atom. The molecule has 4 rings (SSSR count). The van der Waals surface area contributed by atoms with Crippen molar-refractivity contribution in [1.82, 2.24) is 0 Å². The first-order chi connectivity index (χ1) is 17.1. The number of methoxy groups -OCH3 is 1. The summed E-state index contributed by atoms with van der Waals surface area (Å²) in [6.07, 6.45) is 6.53. The van der Waals surface area contributed by atoms with E-state index in [0.29, 0.717) is 36.7 Å². The van der Waals surface area contributed by atoms with Crippen LogP contribution in [0.5, 0.6) is 11.5 Å². The van der Waals surface area contributed by atoms with E-state index in [1.165, 1.54) is 0 Å². The van der Waals surface area contributed by atoms with Crippen molar-refractivity contribution in [2.45, 2.75) is 58.0 Å². The van der Waals surface area contributed by atoms with Gasteiger partial charge in [0.1, 0.15) is 12.5 Å². The first-order valence-corrected chi connectivity index (χ1v) is 12.4. The third-order valence-corrected chi connectivity index (χ3v) is 6.54. The molecule has 2 aliphatic rings. The third-order valence-electron chi connectivity index (χ3n) is 6.54. The zero-order chi connectivity index (χ0) is 24.6. The Morgan fingerprint density at radius 3 is 2.66 bits per heavy atom. The number of aliphatic imine (C=N–C) groups is 1. The molecule has 0 bridgehead atoms. The van der Waals surface area contributed by atoms with Gasteiger partial charge in [0.05, 0.1) is 13.7 Å². The monoisotopic (exact) mass is 475 g/mol. The molecule has 6 nitrogen and oxygen atoms in total. The van der Waals surface area contributed by atoms with Gasteiger partial charge in [0.15, 0.2) is 17.3 Å². The van der Waals surface area contributed by atoms with Gasteiger partial charge in [-0.15, -0.1) is 0 Å². The summed E-state index contributed by atoms with van der Waals surface area (Å²) in [6.45, 7) is 2.89. The highest BCUT2D eigenvalue weighted by Crippen LogP contribution is 2.44. The lowest BCUT2D eigenvalue weighted by Crippen LogP contribution is -2.33. The molecule has 0 N–H and O–H groups in total. The normalized spacial score (nSPS) is 19.3. The van der Waals surface area contributed by atoms with E-state index in [4.69, 9.17) is 14.2 Å². The van der Waals surface area contributed by atoms with Gasteiger partial charge >= 0.3 is 5.97 Å². The van der Waals surface area contributed by atoms with Crippen molar-refractivity contribution in [1.29, 1.82) is 0 Å². The second-order valence-electron chi connectivity index (χ2n) is 8.98. The van der Waals surface area contributed by atoms with Crippen molar-refractivity contribution >= 4 is 18.0 Å². The number of unbranched alkanes of at least 4 members (excludes halogenated alkanes) is 2. The van der Waals surface area contributed by atoms with Crippen LogP contribution in [0.1, 0.15) is 62.5 Å². The highest BCUT2D eigenvalue weighted by atomic mass is 16.5. The van der Waals surface area contributed by atoms with Crippen molar-refractivity contribution in [3.63, 3.8) is 0 Å². The Labute approximate surface area is 207 Å². The van der Waals surface area contributed by atoms with E-state index >= 15 is 0 Å². The fraction of sp³-hybridized carbons (Fsp3) is 0.414. The van der Waals surface area contributed by atoms with E-state index < -0.39 is 11.8 Å². The van der Waals surface area contributed by atoms with E-state index in [0.717, 1.165) is 48.9 Å². The van der Waals surface area contributed by atoms with Gasteiger partial charge in [0.2, 0.25) is 0 Å². The summed E-state index contributed by atoms with van der Waals surface area (Å²) in [7, 11) is 1.59. The molecule has 0 aromatic heterocycles. The first-order valence-electron chi connectivity index (χ1n) is 12.4. The number of nitrogens with zero attached hydrogens (tertiary/aromatic N) is 1. The number of hydrogen-bond donors (Lipinski definition) is 0. The topological polar surface area (TPSA) is 74.2 Å². The van der Waals surface area contributed by atoms with Gasteiger partial charge in [-0.3, -0.25) is 14.6 Å². The van der Waals surface area contributed by atoms with Crippen LogP contribution >= 0.6 is 0 Å². The SMILES string of the molecule is CCCCCOC(=O)C1C=NC2=C(C(=O)CCC2)[C@@H]1c1ccc(OCc2ccccc2)c(OC)c1. The smallest absolute Gasteiger partial charge is 0.315 e. The predicted octanol–water partition coefficient (Wildman–Crippen LogP) is 5.80. The minimum absolute atomic E-state index is 0.0558. The van der Waals surface area contributed by atoms with Crippen molar-refractivity contribution in [3.8, 4) is 11.5 Å². The van der Waals surface area contributed by atoms with Gasteiger partial charge in [-0.05, 0) is 42.5 Å². The number of esters is 1. The van der Waals surface area contributed by atoms with Gasteiger partial charge in [-0.25, -0.2) is 0 Å². The molecule has 184 valence electrons. The van der Waals surface area contributed by atoms with Crippen LogP contribution < -0.4 is 9.47 Å². The van der Waals surface area contributed by atoms with Crippen LogP contribution in [0.2, 0.25) is 0 Å². The molecule has 0 saturated heterocycles. The number of ether oxygens (including phenoxy) is 3. The maximum atomic E-state index is 13.1. The average molecular weight is 476 g/mol. The van der Waals surface area contributed by atoms with Crippen molar-refractivity contribution in [2.24, 2.45) is 10.9 Å². The molecule has 2 aromatic rings. The van der Waals surface area contributed by atoms with Gasteiger partial charge in [-0.2, -0.15) is 0 Å². The maximum Gasteiger partial charge on any atom is 0.315 e. The van der Waals surface area contributed by atoms with Crippen molar-refractivity contribution < 1.29 is 23.8 Å². The summed E-state index contributed by atoms with van der Waals surface area (Å²) >= 11 is 0. The summed E-state index contributed by atoms with van der Waals surface area (Å²) in [5.74, 6) is -0.235. The molecule has 2 atom stereocenters. The van der Waals surface area contributed by atoms with Gasteiger partial charge in [0, 0.05) is 29.8 Å². The molecule has 1 heterocycles. The number of rotatable bonds is 10. The van der Waals surface area contributed by atoms with Crippen LogP contribution in [-0.2, 0) is 20.9 Å². The lowest BCUT2D eigenvalue weighted by atomic mass is 9.74. The van der Waals surface area contributed by atoms with Crippen LogP contribution in [0.3, 0.4) is 0 Å². The molecule has 6 heteroatoms. The van der Waals surface area contributed by atoms with E-state index in [-0.39, 0.29) is 11.8 Å². The largest absolute Gasteiger partial charge is 0.493 e. The molecule has 0 saturated carbocycles. The number of benzene rings is 2. The number of hydrogen-bond acceptors (Lipinski definition) is 6. The molecular formula is C29H33NO5. The highest BCUT2D eigenvalue weighted by Gasteiger charge is 2.40. The van der Waals surface area contributed by atoms with Crippen LogP contribution in [0.15, 0.2) is 64.8 Å². The minimum Gasteiger partial charge on any atom is -0.493 e. The van der Waals surface area contributed by atoms with E-state index in [1.807, 2.05) is 48.5 Å². The fourth-order valence-electron chi connectivity index (χ4n) is 4.69. The number of carbonyl (C=O) groups excluding carboxylic acids is 2. The Morgan fingerprint density at radius 1 is 1.06 bits per heavy atom. The summed E-state index contributed by atoms with van der Waals surface area (Å²) in [5.41, 5.74) is 3.29. The summed E-state index contributed by atoms with van der Waals surface area (Å²) in [4.78, 5) is 30.6. The Hall–Kier alpha value is -3.41. The van der Waals surface area contributed by atoms with E-state index in [2.05, 4.69) is 11.9 Å². The molecule has 2 aromatic carbocycles. The van der Waals surface area contributed by atoms with Crippen LogP contribution in [-0.4, -0.2) is 31.7 Å². The molecule has 35 heavy (non-hydrogen) atoms. The zero-order valence-electron chi connectivity index (χ0n) is 20.5. The van der Waals surface area contributed by atoms with Crippen molar-refractivity contribution in [3.05, 3.63) is 70.9 Å². The Kier molecular flexibility index (Phi) is 8.35. The molecule has 1 aliphatic carbocycles. The van der Waals surface area contributed by atoms with E-state index in [9.17, 15) is 9.59 Å². The molecule has 0 fully saturated rings. The molecule has 0 radical (unpaired) electrons. The minimum atomic E-state index is -0.654. The summed E-state index contributed by atoms with van der Waals surface area (Å²) < 4.78 is 17.3. The number of carbonyl (C=O) groups is 2. The van der Waals surface area contributed by atoms with Gasteiger partial charge < -0.3 is 14.2 Å². The summed E-state index contributed by atoms with van der Waals surface area (Å²) in [6, 6.07) is 15.5. The van der Waals surface area contributed by atoms with Crippen LogP contribution in [0.4, 0.5) is 0 Å². The van der Waals surface area contributed by atoms with E-state index in [1.54, 1.807) is 13.3 Å². The second-order valence-corrected chi connectivity index (χ2v) is 8.98. The third kappa shape index (κ3) is 5.81. The average Bonchev–Trinajstić information content (AvgIpc) is 2.90. The maximum absolute atomic E-state index is 13.1. The lowest BCUT2D eigenvalue weighted by Gasteiger charge is -2.32. The number of ketones is 1.